The number of aromatic nitrogens is 1. The van der Waals surface area contributed by atoms with Crippen LogP contribution < -0.4 is 5.32 Å². The summed E-state index contributed by atoms with van der Waals surface area (Å²) in [6, 6.07) is 4.31. The van der Waals surface area contributed by atoms with Crippen molar-refractivity contribution in [1.82, 2.24) is 15.2 Å². The zero-order valence-electron chi connectivity index (χ0n) is 42.7. The van der Waals surface area contributed by atoms with E-state index in [0.717, 1.165) is 11.3 Å². The normalized spacial score (nSPS) is 35.5. The molecule has 2 bridgehead atoms. The molecule has 4 N–H and O–H groups in total. The van der Waals surface area contributed by atoms with E-state index in [1.165, 1.54) is 19.1 Å². The molecule has 392 valence electrons. The van der Waals surface area contributed by atoms with Crippen LogP contribution in [0.4, 0.5) is 0 Å². The minimum absolute atomic E-state index is 0.0228. The van der Waals surface area contributed by atoms with Crippen LogP contribution in [0, 0.1) is 29.6 Å². The van der Waals surface area contributed by atoms with Crippen LogP contribution in [0.3, 0.4) is 0 Å². The molecule has 4 heterocycles. The number of hydrogen-bond acceptors (Lipinski definition) is 15. The number of ether oxygens (including phenoxy) is 5. The molecule has 0 spiro atoms. The molecule has 4 aliphatic rings. The number of hydrogen-bond donors (Lipinski definition) is 4. The number of ketones is 2. The molecule has 14 atom stereocenters. The number of aliphatic hydroxyl groups excluding tert-OH is 2. The highest BCUT2D eigenvalue weighted by molar-refractivity contribution is 7.99. The lowest BCUT2D eigenvalue weighted by Gasteiger charge is -2.47. The average molecular weight is 1000 g/mol. The number of nitrogens with one attached hydrogen (secondary N) is 1. The Labute approximate surface area is 419 Å². The number of carbonyl (C=O) groups is 5. The van der Waals surface area contributed by atoms with E-state index in [0.29, 0.717) is 81.4 Å². The lowest BCUT2D eigenvalue weighted by atomic mass is 9.81. The van der Waals surface area contributed by atoms with Gasteiger partial charge in [-0.3, -0.25) is 24.2 Å². The Morgan fingerprint density at radius 3 is 2.37 bits per heavy atom. The summed E-state index contributed by atoms with van der Waals surface area (Å²) in [6.07, 6.45) is 5.70. The summed E-state index contributed by atoms with van der Waals surface area (Å²) in [4.78, 5) is 75.6. The van der Waals surface area contributed by atoms with Crippen molar-refractivity contribution in [3.05, 3.63) is 53.4 Å². The molecule has 1 aromatic rings. The molecule has 5 rings (SSSR count). The van der Waals surface area contributed by atoms with Gasteiger partial charge in [-0.05, 0) is 120 Å². The van der Waals surface area contributed by atoms with Crippen LogP contribution >= 0.6 is 11.8 Å². The number of cyclic esters (lactones) is 1. The third-order valence-corrected chi connectivity index (χ3v) is 16.0. The number of pyridine rings is 1. The first-order valence-corrected chi connectivity index (χ1v) is 26.6. The van der Waals surface area contributed by atoms with Gasteiger partial charge in [0.15, 0.2) is 0 Å². The average Bonchev–Trinajstić information content (AvgIpc) is 3.34. The van der Waals surface area contributed by atoms with Crippen molar-refractivity contribution in [3.63, 3.8) is 0 Å². The summed E-state index contributed by atoms with van der Waals surface area (Å²) in [5, 5.41) is 37.7. The maximum atomic E-state index is 14.5. The van der Waals surface area contributed by atoms with E-state index in [9.17, 15) is 39.3 Å². The fourth-order valence-electron chi connectivity index (χ4n) is 10.8. The Morgan fingerprint density at radius 2 is 1.67 bits per heavy atom. The molecule has 0 unspecified atom stereocenters. The van der Waals surface area contributed by atoms with E-state index in [4.69, 9.17) is 23.7 Å². The predicted molar refractivity (Wildman–Crippen MR) is 265 cm³/mol. The number of amides is 2. The number of aliphatic hydroxyl groups is 3. The molecule has 0 radical (unpaired) electrons. The fraction of sp³-hybridized carbons (Fsp3) is 0.736. The van der Waals surface area contributed by atoms with Crippen molar-refractivity contribution < 1.29 is 63.0 Å². The largest absolute Gasteiger partial charge is 0.456 e. The van der Waals surface area contributed by atoms with E-state index >= 15 is 0 Å². The number of allylic oxidation sites excluding steroid dienone is 3. The highest BCUT2D eigenvalue weighted by Gasteiger charge is 2.56. The summed E-state index contributed by atoms with van der Waals surface area (Å²) in [5.41, 5.74) is 2.31. The van der Waals surface area contributed by atoms with Crippen LogP contribution in [-0.4, -0.2) is 155 Å². The third-order valence-electron chi connectivity index (χ3n) is 14.9. The summed E-state index contributed by atoms with van der Waals surface area (Å²) < 4.78 is 30.1. The Balaban J connectivity index is 1.43. The lowest BCUT2D eigenvalue weighted by Crippen LogP contribution is -2.64. The molecule has 16 nitrogen and oxygen atoms in total. The molecule has 2 amide bonds. The van der Waals surface area contributed by atoms with Gasteiger partial charge in [0.25, 0.3) is 11.7 Å². The second-order valence-electron chi connectivity index (χ2n) is 20.3. The maximum absolute atomic E-state index is 14.5. The van der Waals surface area contributed by atoms with Gasteiger partial charge in [-0.25, -0.2) is 4.79 Å². The maximum Gasteiger partial charge on any atom is 0.329 e. The van der Waals surface area contributed by atoms with Gasteiger partial charge in [-0.2, -0.15) is 11.8 Å². The molecule has 70 heavy (non-hydrogen) atoms. The first-order valence-electron chi connectivity index (χ1n) is 25.4. The van der Waals surface area contributed by atoms with Crippen molar-refractivity contribution in [1.29, 1.82) is 0 Å². The van der Waals surface area contributed by atoms with Crippen molar-refractivity contribution in [3.8, 4) is 0 Å². The highest BCUT2D eigenvalue weighted by atomic mass is 32.2. The molecule has 0 aromatic carbocycles. The second kappa shape index (κ2) is 27.5. The molecule has 1 saturated carbocycles. The Morgan fingerprint density at radius 1 is 0.943 bits per heavy atom. The molecule has 2 saturated heterocycles. The standard InChI is InChI=1S/C53H81N3O13S/c1-32-24-33(2)26-45(66-7)49-46(67-8)28-35(4)53(64,69-49)50(61)51(62)56-21-12-10-16-40(56)52(63)68-48(34(3)27-37-17-18-41(57)44(29-37)65-6)36(5)42(58)31-43(59)38(25-32)14-13-22-70-23-20-55-47(60)30-39-15-9-11-19-54-39/h9,11,15,19,25,27,33,35-38,40-42,44-46,48-49,57-58,64H,10,12-14,16-18,20-24,26,28-31H2,1-8H3,(H,55,60)/b32-25+,34-27+/t33-,35+,36+,37-,38+,40-,41+,42-,44+,45-,46-,48+,49+,53+/m0/s1. The Kier molecular flexibility index (Phi) is 22.5. The van der Waals surface area contributed by atoms with Gasteiger partial charge in [0.05, 0.1) is 36.9 Å². The van der Waals surface area contributed by atoms with Gasteiger partial charge >= 0.3 is 5.97 Å². The minimum Gasteiger partial charge on any atom is -0.456 e. The second-order valence-corrected chi connectivity index (χ2v) is 21.6. The zero-order valence-corrected chi connectivity index (χ0v) is 43.5. The van der Waals surface area contributed by atoms with Gasteiger partial charge in [0.1, 0.15) is 24.0 Å². The van der Waals surface area contributed by atoms with E-state index in [1.54, 1.807) is 38.9 Å². The van der Waals surface area contributed by atoms with Crippen molar-refractivity contribution in [2.24, 2.45) is 29.6 Å². The number of Topliss-reactive ketones (excluding diaryl/α,β-unsaturated/α-hetero) is 2. The third kappa shape index (κ3) is 15.5. The van der Waals surface area contributed by atoms with Crippen LogP contribution in [0.2, 0.25) is 0 Å². The molecule has 17 heteroatoms. The first-order chi connectivity index (χ1) is 33.4. The first kappa shape index (κ1) is 57.4. The zero-order chi connectivity index (χ0) is 51.1. The van der Waals surface area contributed by atoms with Gasteiger partial charge in [0, 0.05) is 76.2 Å². The predicted octanol–water partition coefficient (Wildman–Crippen LogP) is 5.33. The van der Waals surface area contributed by atoms with Gasteiger partial charge in [0.2, 0.25) is 11.7 Å². The molecule has 1 aromatic heterocycles. The van der Waals surface area contributed by atoms with Crippen LogP contribution in [-0.2, 0) is 54.1 Å². The molecule has 3 fully saturated rings. The number of nitrogens with zero attached hydrogens (tertiary/aromatic N) is 2. The van der Waals surface area contributed by atoms with E-state index in [2.05, 4.69) is 17.2 Å². The number of rotatable bonds is 14. The number of piperidine rings is 1. The van der Waals surface area contributed by atoms with Gasteiger partial charge in [-0.15, -0.1) is 0 Å². The van der Waals surface area contributed by atoms with Crippen molar-refractivity contribution in [2.75, 3.05) is 45.9 Å². The van der Waals surface area contributed by atoms with Crippen LogP contribution in [0.5, 0.6) is 0 Å². The van der Waals surface area contributed by atoms with Crippen LogP contribution in [0.1, 0.15) is 117 Å². The number of carbonyl (C=O) groups excluding carboxylic acids is 5. The Bertz CT molecular complexity index is 1950. The van der Waals surface area contributed by atoms with Gasteiger partial charge in [-0.1, -0.05) is 44.6 Å². The molecular formula is C53H81N3O13S. The van der Waals surface area contributed by atoms with E-state index in [-0.39, 0.29) is 61.9 Å². The SMILES string of the molecule is CO[C@H]1C[C@@H](C)C/C(C)=C/[C@@H](CCCSCCNC(=O)Cc2ccccn2)C(=O)C[C@H](O)[C@@H](C)[C@@H](/C(C)=C/[C@@H]2CC[C@@H](O)[C@H](OC)C2)OC(=O)[C@@H]2CCCCN2C(=O)C(=O)[C@]2(O)O[C@H]1[C@@H](OC)C[C@H]2C. The van der Waals surface area contributed by atoms with Crippen molar-refractivity contribution in [2.45, 2.75) is 173 Å². The fourth-order valence-corrected chi connectivity index (χ4v) is 11.6. The highest BCUT2D eigenvalue weighted by Crippen LogP contribution is 2.39. The topological polar surface area (TPSA) is 220 Å². The van der Waals surface area contributed by atoms with E-state index < -0.39 is 83.9 Å². The van der Waals surface area contributed by atoms with Crippen LogP contribution in [0.25, 0.3) is 0 Å². The number of esters is 1. The summed E-state index contributed by atoms with van der Waals surface area (Å²) in [6.45, 7) is 9.79. The summed E-state index contributed by atoms with van der Waals surface area (Å²) in [5.74, 6) is -6.54. The number of methoxy groups -OCH3 is 3. The quantitative estimate of drug-likeness (QED) is 0.0801. The Hall–Kier alpha value is -3.55. The summed E-state index contributed by atoms with van der Waals surface area (Å²) in [7, 11) is 4.62. The van der Waals surface area contributed by atoms with Gasteiger partial charge < -0.3 is 49.2 Å². The van der Waals surface area contributed by atoms with E-state index in [1.807, 2.05) is 44.2 Å². The van der Waals surface area contributed by atoms with Crippen molar-refractivity contribution >= 4 is 41.1 Å². The van der Waals surface area contributed by atoms with Crippen LogP contribution in [0.15, 0.2) is 47.7 Å². The number of fused-ring (bicyclic) bond motifs is 3. The number of thioether (sulfide) groups is 1. The molecule has 3 aliphatic heterocycles. The lowest BCUT2D eigenvalue weighted by molar-refractivity contribution is -0.302. The smallest absolute Gasteiger partial charge is 0.329 e. The monoisotopic (exact) mass is 1000 g/mol. The molecular weight excluding hydrogens is 919 g/mol. The summed E-state index contributed by atoms with van der Waals surface area (Å²) >= 11 is 1.69. The minimum atomic E-state index is -2.54. The molecule has 1 aliphatic carbocycles.